The van der Waals surface area contributed by atoms with E-state index >= 15 is 0 Å². The largest absolute Gasteiger partial charge is 0.496 e. The van der Waals surface area contributed by atoms with Gasteiger partial charge >= 0.3 is 0 Å². The highest BCUT2D eigenvalue weighted by Gasteiger charge is 2.30. The molecule has 2 aromatic heterocycles. The molecule has 0 aliphatic carbocycles. The Morgan fingerprint density at radius 3 is 2.45 bits per heavy atom. The van der Waals surface area contributed by atoms with Crippen molar-refractivity contribution in [1.29, 1.82) is 5.26 Å². The Balaban J connectivity index is 1.88. The molecule has 1 aliphatic rings. The summed E-state index contributed by atoms with van der Waals surface area (Å²) in [5.41, 5.74) is 3.09. The summed E-state index contributed by atoms with van der Waals surface area (Å²) in [6, 6.07) is 5.99. The number of hydrogen-bond acceptors (Lipinski definition) is 8. The van der Waals surface area contributed by atoms with E-state index in [1.165, 1.54) is 0 Å². The smallest absolute Gasteiger partial charge is 0.258 e. The van der Waals surface area contributed by atoms with Gasteiger partial charge in [-0.15, -0.1) is 16.4 Å². The SMILES string of the molecule is CCCCN(c1c(OC)nn2c(-c3c(OC)cc(C#N)cc3OC)csc12)C1CCOCC1. The van der Waals surface area contributed by atoms with Crippen LogP contribution < -0.4 is 19.1 Å². The van der Waals surface area contributed by atoms with Gasteiger partial charge in [0.05, 0.1) is 44.2 Å². The number of ether oxygens (including phenoxy) is 4. The predicted octanol–water partition coefficient (Wildman–Crippen LogP) is 4.75. The summed E-state index contributed by atoms with van der Waals surface area (Å²) in [4.78, 5) is 3.47. The van der Waals surface area contributed by atoms with E-state index in [9.17, 15) is 5.26 Å². The Hall–Kier alpha value is -2.96. The van der Waals surface area contributed by atoms with Crippen LogP contribution in [0, 0.1) is 11.3 Å². The van der Waals surface area contributed by atoms with E-state index in [2.05, 4.69) is 23.3 Å². The Morgan fingerprint density at radius 1 is 1.18 bits per heavy atom. The van der Waals surface area contributed by atoms with Gasteiger partial charge in [0.1, 0.15) is 22.0 Å². The minimum atomic E-state index is 0.386. The molecular formula is C24H30N4O4S. The fourth-order valence-electron chi connectivity index (χ4n) is 4.39. The van der Waals surface area contributed by atoms with E-state index in [1.807, 2.05) is 4.52 Å². The number of nitrogens with zero attached hydrogens (tertiary/aromatic N) is 4. The molecule has 0 spiro atoms. The number of aromatic nitrogens is 2. The van der Waals surface area contributed by atoms with Crippen molar-refractivity contribution in [3.05, 3.63) is 23.1 Å². The fraction of sp³-hybridized carbons (Fsp3) is 0.500. The highest BCUT2D eigenvalue weighted by Crippen LogP contribution is 2.45. The van der Waals surface area contributed by atoms with E-state index < -0.39 is 0 Å². The quantitative estimate of drug-likeness (QED) is 0.446. The maximum atomic E-state index is 9.39. The van der Waals surface area contributed by atoms with Crippen molar-refractivity contribution in [2.75, 3.05) is 46.0 Å². The molecule has 3 aromatic rings. The zero-order valence-corrected chi connectivity index (χ0v) is 20.4. The lowest BCUT2D eigenvalue weighted by Crippen LogP contribution is -2.40. The molecule has 8 nitrogen and oxygen atoms in total. The minimum Gasteiger partial charge on any atom is -0.496 e. The first kappa shape index (κ1) is 23.2. The lowest BCUT2D eigenvalue weighted by atomic mass is 10.1. The number of fused-ring (bicyclic) bond motifs is 1. The van der Waals surface area contributed by atoms with Crippen molar-refractivity contribution in [3.63, 3.8) is 0 Å². The van der Waals surface area contributed by atoms with Gasteiger partial charge < -0.3 is 23.8 Å². The van der Waals surface area contributed by atoms with E-state index in [0.29, 0.717) is 29.0 Å². The van der Waals surface area contributed by atoms with Crippen LogP contribution in [0.2, 0.25) is 0 Å². The predicted molar refractivity (Wildman–Crippen MR) is 129 cm³/mol. The molecule has 0 unspecified atom stereocenters. The maximum absolute atomic E-state index is 9.39. The molecule has 0 atom stereocenters. The molecular weight excluding hydrogens is 440 g/mol. The molecule has 1 fully saturated rings. The molecule has 0 N–H and O–H groups in total. The lowest BCUT2D eigenvalue weighted by Gasteiger charge is -2.35. The number of nitriles is 1. The van der Waals surface area contributed by atoms with Gasteiger partial charge in [0.15, 0.2) is 0 Å². The number of unbranched alkanes of at least 4 members (excludes halogenated alkanes) is 1. The molecule has 33 heavy (non-hydrogen) atoms. The van der Waals surface area contributed by atoms with E-state index in [-0.39, 0.29) is 0 Å². The van der Waals surface area contributed by atoms with Crippen LogP contribution in [-0.4, -0.2) is 56.7 Å². The van der Waals surface area contributed by atoms with Crippen LogP contribution >= 0.6 is 11.3 Å². The van der Waals surface area contributed by atoms with Crippen LogP contribution in [-0.2, 0) is 4.74 Å². The average molecular weight is 471 g/mol. The number of benzene rings is 1. The molecule has 1 aliphatic heterocycles. The third-order valence-electron chi connectivity index (χ3n) is 6.05. The second-order valence-corrected chi connectivity index (χ2v) is 8.81. The standard InChI is InChI=1S/C24H30N4O4S/c1-5-6-9-27(17-7-10-32-11-8-17)22-23(31-4)26-28-18(15-33-24(22)28)21-19(29-2)12-16(14-25)13-20(21)30-3/h12-13,15,17H,5-11H2,1-4H3. The first-order valence-electron chi connectivity index (χ1n) is 11.2. The van der Waals surface area contributed by atoms with Crippen molar-refractivity contribution in [2.24, 2.45) is 0 Å². The van der Waals surface area contributed by atoms with E-state index in [4.69, 9.17) is 24.0 Å². The van der Waals surface area contributed by atoms with Gasteiger partial charge in [-0.05, 0) is 31.4 Å². The van der Waals surface area contributed by atoms with Crippen LogP contribution in [0.1, 0.15) is 38.2 Å². The summed E-state index contributed by atoms with van der Waals surface area (Å²) in [5, 5.41) is 16.3. The highest BCUT2D eigenvalue weighted by atomic mass is 32.1. The second kappa shape index (κ2) is 10.3. The molecule has 9 heteroatoms. The molecule has 1 saturated heterocycles. The van der Waals surface area contributed by atoms with Crippen LogP contribution in [0.5, 0.6) is 17.4 Å². The fourth-order valence-corrected chi connectivity index (χ4v) is 5.38. The van der Waals surface area contributed by atoms with Crippen molar-refractivity contribution >= 4 is 21.9 Å². The van der Waals surface area contributed by atoms with Gasteiger partial charge in [-0.3, -0.25) is 0 Å². The second-order valence-electron chi connectivity index (χ2n) is 7.95. The summed E-state index contributed by atoms with van der Waals surface area (Å²) >= 11 is 1.62. The first-order valence-corrected chi connectivity index (χ1v) is 12.1. The Morgan fingerprint density at radius 2 is 1.88 bits per heavy atom. The Bertz CT molecular complexity index is 1120. The third kappa shape index (κ3) is 4.33. The number of thiazole rings is 1. The molecule has 176 valence electrons. The molecule has 0 amide bonds. The van der Waals surface area contributed by atoms with Crippen LogP contribution in [0.25, 0.3) is 16.1 Å². The van der Waals surface area contributed by atoms with Crippen molar-refractivity contribution < 1.29 is 18.9 Å². The molecule has 0 bridgehead atoms. The van der Waals surface area contributed by atoms with Gasteiger partial charge in [-0.25, -0.2) is 4.52 Å². The number of hydrogen-bond donors (Lipinski definition) is 0. The van der Waals surface area contributed by atoms with Gasteiger partial charge in [-0.2, -0.15) is 5.26 Å². The third-order valence-corrected chi connectivity index (χ3v) is 6.99. The number of rotatable bonds is 9. The molecule has 1 aromatic carbocycles. The van der Waals surface area contributed by atoms with Crippen molar-refractivity contribution in [3.8, 4) is 34.7 Å². The van der Waals surface area contributed by atoms with E-state index in [1.54, 1.807) is 44.8 Å². The highest BCUT2D eigenvalue weighted by molar-refractivity contribution is 7.16. The summed E-state index contributed by atoms with van der Waals surface area (Å²) in [7, 11) is 4.85. The summed E-state index contributed by atoms with van der Waals surface area (Å²) in [5.74, 6) is 1.74. The lowest BCUT2D eigenvalue weighted by molar-refractivity contribution is 0.0843. The van der Waals surface area contributed by atoms with Gasteiger partial charge in [0.25, 0.3) is 5.88 Å². The zero-order valence-electron chi connectivity index (χ0n) is 19.6. The van der Waals surface area contributed by atoms with Crippen LogP contribution in [0.15, 0.2) is 17.5 Å². The van der Waals surface area contributed by atoms with Gasteiger partial charge in [0.2, 0.25) is 0 Å². The van der Waals surface area contributed by atoms with Crippen molar-refractivity contribution in [2.45, 2.75) is 38.6 Å². The maximum Gasteiger partial charge on any atom is 0.258 e. The monoisotopic (exact) mass is 470 g/mol. The Labute approximate surface area is 198 Å². The zero-order chi connectivity index (χ0) is 23.4. The average Bonchev–Trinajstić information content (AvgIpc) is 3.43. The van der Waals surface area contributed by atoms with Crippen LogP contribution in [0.4, 0.5) is 5.69 Å². The van der Waals surface area contributed by atoms with Gasteiger partial charge in [0, 0.05) is 31.2 Å². The molecule has 4 rings (SSSR count). The Kier molecular flexibility index (Phi) is 7.26. The topological polar surface area (TPSA) is 81.2 Å². The minimum absolute atomic E-state index is 0.386. The summed E-state index contributed by atoms with van der Waals surface area (Å²) < 4.78 is 24.6. The van der Waals surface area contributed by atoms with Crippen molar-refractivity contribution in [1.82, 2.24) is 9.61 Å². The molecule has 3 heterocycles. The van der Waals surface area contributed by atoms with E-state index in [0.717, 1.165) is 67.2 Å². The number of anilines is 1. The summed E-state index contributed by atoms with van der Waals surface area (Å²) in [6.07, 6.45) is 4.18. The summed E-state index contributed by atoms with van der Waals surface area (Å²) in [6.45, 7) is 4.69. The first-order chi connectivity index (χ1) is 16.2. The van der Waals surface area contributed by atoms with Gasteiger partial charge in [-0.1, -0.05) is 13.3 Å². The normalized spacial score (nSPS) is 14.3. The van der Waals surface area contributed by atoms with Crippen LogP contribution in [0.3, 0.4) is 0 Å². The molecule has 0 saturated carbocycles. The number of methoxy groups -OCH3 is 3. The molecule has 0 radical (unpaired) electrons.